The van der Waals surface area contributed by atoms with Crippen LogP contribution >= 0.6 is 0 Å². The molecule has 6 heteroatoms. The number of carbonyl (C=O) groups is 2. The molecule has 0 aliphatic rings. The van der Waals surface area contributed by atoms with Gasteiger partial charge in [-0.15, -0.1) is 0 Å². The van der Waals surface area contributed by atoms with Crippen molar-refractivity contribution in [1.82, 2.24) is 5.32 Å². The molecule has 0 aliphatic heterocycles. The molecule has 368 valence electrons. The normalized spacial score (nSPS) is 13.9. The van der Waals surface area contributed by atoms with Gasteiger partial charge in [-0.2, -0.15) is 0 Å². The molecule has 0 radical (unpaired) electrons. The lowest BCUT2D eigenvalue weighted by Gasteiger charge is -2.24. The number of ether oxygens (including phenoxy) is 1. The van der Waals surface area contributed by atoms with E-state index in [1.165, 1.54) is 109 Å². The summed E-state index contributed by atoms with van der Waals surface area (Å²) in [4.78, 5) is 26.2. The van der Waals surface area contributed by atoms with Crippen molar-refractivity contribution in [3.8, 4) is 0 Å². The molecule has 0 spiro atoms. The van der Waals surface area contributed by atoms with Gasteiger partial charge in [0.25, 0.3) is 0 Å². The van der Waals surface area contributed by atoms with Crippen molar-refractivity contribution in [3.63, 3.8) is 0 Å². The van der Waals surface area contributed by atoms with Gasteiger partial charge in [-0.1, -0.05) is 228 Å². The van der Waals surface area contributed by atoms with Crippen LogP contribution in [0.1, 0.15) is 245 Å². The second kappa shape index (κ2) is 51.0. The van der Waals surface area contributed by atoms with Crippen LogP contribution in [0, 0.1) is 0 Å². The summed E-state index contributed by atoms with van der Waals surface area (Å²) in [6.45, 7) is 6.34. The van der Waals surface area contributed by atoms with Gasteiger partial charge in [-0.25, -0.2) is 0 Å². The van der Waals surface area contributed by atoms with E-state index >= 15 is 0 Å². The number of amides is 1. The van der Waals surface area contributed by atoms with E-state index in [1.54, 1.807) is 0 Å². The van der Waals surface area contributed by atoms with Crippen molar-refractivity contribution in [2.24, 2.45) is 0 Å². The summed E-state index contributed by atoms with van der Waals surface area (Å²) in [7, 11) is 0. The third-order valence-corrected chi connectivity index (χ3v) is 11.7. The van der Waals surface area contributed by atoms with Gasteiger partial charge in [-0.05, 0) is 89.9 Å². The Hall–Kier alpha value is -2.96. The quantitative estimate of drug-likeness (QED) is 0.0321. The van der Waals surface area contributed by atoms with Crippen LogP contribution in [0.15, 0.2) is 85.1 Å². The predicted octanol–water partition coefficient (Wildman–Crippen LogP) is 16.3. The Morgan fingerprint density at radius 3 is 1.28 bits per heavy atom. The number of carbonyl (C=O) groups excluding carboxylic acids is 2. The van der Waals surface area contributed by atoms with Gasteiger partial charge in [0.2, 0.25) is 5.91 Å². The summed E-state index contributed by atoms with van der Waals surface area (Å²) in [5, 5.41) is 23.7. The van der Waals surface area contributed by atoms with E-state index in [9.17, 15) is 19.8 Å². The molecular weight excluding hydrogens is 791 g/mol. The Bertz CT molecular complexity index is 1230. The monoisotopic (exact) mass is 892 g/mol. The smallest absolute Gasteiger partial charge is 0.306 e. The number of aliphatic hydroxyl groups is 2. The fourth-order valence-corrected chi connectivity index (χ4v) is 7.69. The first-order valence-corrected chi connectivity index (χ1v) is 26.8. The number of allylic oxidation sites excluding steroid dienone is 14. The summed E-state index contributed by atoms with van der Waals surface area (Å²) < 4.78 is 5.90. The molecule has 0 bridgehead atoms. The maximum absolute atomic E-state index is 13.2. The van der Waals surface area contributed by atoms with Crippen LogP contribution in [0.25, 0.3) is 0 Å². The minimum Gasteiger partial charge on any atom is -0.462 e. The van der Waals surface area contributed by atoms with Crippen LogP contribution in [0.4, 0.5) is 0 Å². The summed E-state index contributed by atoms with van der Waals surface area (Å²) >= 11 is 0. The van der Waals surface area contributed by atoms with E-state index in [2.05, 4.69) is 105 Å². The van der Waals surface area contributed by atoms with Gasteiger partial charge in [0.15, 0.2) is 0 Å². The van der Waals surface area contributed by atoms with Crippen LogP contribution in [0.2, 0.25) is 0 Å². The average molecular weight is 892 g/mol. The highest BCUT2D eigenvalue weighted by Gasteiger charge is 2.24. The van der Waals surface area contributed by atoms with E-state index in [1.807, 2.05) is 6.08 Å². The van der Waals surface area contributed by atoms with Gasteiger partial charge < -0.3 is 20.3 Å². The molecular formula is C58H101NO5. The molecule has 0 saturated heterocycles. The zero-order valence-electron chi connectivity index (χ0n) is 41.9. The van der Waals surface area contributed by atoms with E-state index in [-0.39, 0.29) is 31.3 Å². The minimum atomic E-state index is -0.805. The van der Waals surface area contributed by atoms with Crippen molar-refractivity contribution in [1.29, 1.82) is 0 Å². The van der Waals surface area contributed by atoms with Crippen LogP contribution in [-0.4, -0.2) is 46.9 Å². The van der Waals surface area contributed by atoms with Gasteiger partial charge in [-0.3, -0.25) is 9.59 Å². The maximum Gasteiger partial charge on any atom is 0.306 e. The molecule has 0 rings (SSSR count). The average Bonchev–Trinajstić information content (AvgIpc) is 3.29. The maximum atomic E-state index is 13.2. The lowest BCUT2D eigenvalue weighted by atomic mass is 10.0. The SMILES string of the molecule is CC/C=C\C/C=C\C/C=C\C/C=C\C/C=C\C/C=C\CCC(=O)OC(CCCCCCC/C=C/CCCCCCCC)CC(=O)NC(CO)C(O)CCCCCCCCCCCCC. The molecule has 0 saturated carbocycles. The molecule has 0 aromatic carbocycles. The fraction of sp³-hybridized carbons (Fsp3) is 0.724. The number of rotatable bonds is 47. The zero-order valence-corrected chi connectivity index (χ0v) is 41.9. The number of aliphatic hydroxyl groups excluding tert-OH is 2. The molecule has 0 aromatic heterocycles. The molecule has 1 amide bonds. The summed E-state index contributed by atoms with van der Waals surface area (Å²) in [6, 6.07) is -0.722. The van der Waals surface area contributed by atoms with Crippen LogP contribution in [0.5, 0.6) is 0 Å². The fourth-order valence-electron chi connectivity index (χ4n) is 7.69. The molecule has 0 aromatic rings. The molecule has 64 heavy (non-hydrogen) atoms. The predicted molar refractivity (Wildman–Crippen MR) is 278 cm³/mol. The first-order valence-electron chi connectivity index (χ1n) is 26.8. The highest BCUT2D eigenvalue weighted by molar-refractivity contribution is 5.77. The third-order valence-electron chi connectivity index (χ3n) is 11.7. The molecule has 0 heterocycles. The Morgan fingerprint density at radius 2 is 0.844 bits per heavy atom. The van der Waals surface area contributed by atoms with Crippen LogP contribution < -0.4 is 5.32 Å². The van der Waals surface area contributed by atoms with E-state index in [0.29, 0.717) is 19.3 Å². The number of nitrogens with one attached hydrogen (secondary N) is 1. The first kappa shape index (κ1) is 61.0. The number of esters is 1. The van der Waals surface area contributed by atoms with E-state index in [4.69, 9.17) is 4.74 Å². The molecule has 3 N–H and O–H groups in total. The molecule has 0 aliphatic carbocycles. The molecule has 3 atom stereocenters. The molecule has 6 nitrogen and oxygen atoms in total. The van der Waals surface area contributed by atoms with Crippen LogP contribution in [-0.2, 0) is 14.3 Å². The topological polar surface area (TPSA) is 95.9 Å². The Balaban J connectivity index is 4.72. The van der Waals surface area contributed by atoms with Crippen molar-refractivity contribution >= 4 is 11.9 Å². The standard InChI is InChI=1S/C58H101NO5/c1-4-7-10-13-16-19-22-24-26-27-28-29-31-33-36-39-42-45-48-51-58(63)64-54(49-46-43-40-37-35-32-30-25-23-20-17-14-11-8-5-2)52-57(62)59-55(53-60)56(61)50-47-44-41-38-34-21-18-15-12-9-6-3/h7,10,16,19,24-26,28-30,33,36,42,45,54-56,60-61H,4-6,8-9,11-15,17-18,20-23,27,31-32,34-35,37-41,43-44,46-53H2,1-3H3,(H,59,62)/b10-7-,19-16-,26-24-,29-28-,30-25+,36-33-,45-42-. The second-order valence-corrected chi connectivity index (χ2v) is 17.9. The Labute approximate surface area is 395 Å². The van der Waals surface area contributed by atoms with Gasteiger partial charge in [0.05, 0.1) is 25.2 Å². The van der Waals surface area contributed by atoms with E-state index < -0.39 is 18.2 Å². The van der Waals surface area contributed by atoms with Gasteiger partial charge in [0, 0.05) is 6.42 Å². The summed E-state index contributed by atoms with van der Waals surface area (Å²) in [5.74, 6) is -0.583. The lowest BCUT2D eigenvalue weighted by Crippen LogP contribution is -2.46. The lowest BCUT2D eigenvalue weighted by molar-refractivity contribution is -0.150. The van der Waals surface area contributed by atoms with E-state index in [0.717, 1.165) is 83.5 Å². The van der Waals surface area contributed by atoms with Crippen molar-refractivity contribution in [2.75, 3.05) is 6.61 Å². The van der Waals surface area contributed by atoms with Gasteiger partial charge in [0.1, 0.15) is 6.10 Å². The third kappa shape index (κ3) is 45.6. The Morgan fingerprint density at radius 1 is 0.469 bits per heavy atom. The van der Waals surface area contributed by atoms with Crippen molar-refractivity contribution in [3.05, 3.63) is 85.1 Å². The second-order valence-electron chi connectivity index (χ2n) is 17.9. The van der Waals surface area contributed by atoms with Crippen molar-refractivity contribution in [2.45, 2.75) is 264 Å². The van der Waals surface area contributed by atoms with Crippen molar-refractivity contribution < 1.29 is 24.5 Å². The number of hydrogen-bond donors (Lipinski definition) is 3. The minimum absolute atomic E-state index is 0.0384. The largest absolute Gasteiger partial charge is 0.462 e. The molecule has 3 unspecified atom stereocenters. The number of hydrogen-bond acceptors (Lipinski definition) is 5. The molecule has 0 fully saturated rings. The highest BCUT2D eigenvalue weighted by atomic mass is 16.5. The highest BCUT2D eigenvalue weighted by Crippen LogP contribution is 2.17. The van der Waals surface area contributed by atoms with Crippen LogP contribution in [0.3, 0.4) is 0 Å². The van der Waals surface area contributed by atoms with Gasteiger partial charge >= 0.3 is 5.97 Å². The summed E-state index contributed by atoms with van der Waals surface area (Å²) in [5.41, 5.74) is 0. The summed E-state index contributed by atoms with van der Waals surface area (Å²) in [6.07, 6.45) is 66.5. The zero-order chi connectivity index (χ0) is 46.7. The Kier molecular flexibility index (Phi) is 48.7. The number of unbranched alkanes of at least 4 members (excludes halogenated alkanes) is 21. The first-order chi connectivity index (χ1) is 31.5.